The second-order valence-corrected chi connectivity index (χ2v) is 4.63. The first kappa shape index (κ1) is 12.5. The van der Waals surface area contributed by atoms with Gasteiger partial charge in [-0.25, -0.2) is 4.39 Å². The number of aliphatic hydroxyl groups excluding tert-OH is 1. The van der Waals surface area contributed by atoms with E-state index in [4.69, 9.17) is 10.8 Å². The molecule has 0 aromatic heterocycles. The summed E-state index contributed by atoms with van der Waals surface area (Å²) in [5, 5.41) is 9.00. The summed E-state index contributed by atoms with van der Waals surface area (Å²) in [6.45, 7) is 1.85. The van der Waals surface area contributed by atoms with E-state index in [0.717, 1.165) is 0 Å². The first-order valence-electron chi connectivity index (χ1n) is 4.55. The molecule has 0 aliphatic heterocycles. The topological polar surface area (TPSA) is 49.5 Å². The van der Waals surface area contributed by atoms with Gasteiger partial charge in [0.15, 0.2) is 0 Å². The summed E-state index contributed by atoms with van der Waals surface area (Å²) in [6, 6.07) is 2.89. The summed E-state index contributed by atoms with van der Waals surface area (Å²) in [6.07, 6.45) is 0. The van der Waals surface area contributed by atoms with Crippen molar-refractivity contribution in [3.63, 3.8) is 0 Å². The third-order valence-electron chi connectivity index (χ3n) is 2.37. The maximum atomic E-state index is 13.3. The zero-order valence-electron chi connectivity index (χ0n) is 8.67. The van der Waals surface area contributed by atoms with Crippen LogP contribution in [0, 0.1) is 9.39 Å². The molecule has 0 saturated heterocycles. The van der Waals surface area contributed by atoms with Gasteiger partial charge in [-0.3, -0.25) is 0 Å². The van der Waals surface area contributed by atoms with Gasteiger partial charge < -0.3 is 15.7 Å². The predicted molar refractivity (Wildman–Crippen MR) is 68.5 cm³/mol. The van der Waals surface area contributed by atoms with E-state index in [1.165, 1.54) is 6.07 Å². The Kier molecular flexibility index (Phi) is 4.15. The molecule has 1 aromatic carbocycles. The van der Waals surface area contributed by atoms with Gasteiger partial charge in [0.2, 0.25) is 0 Å². The number of aliphatic hydroxyl groups is 1. The molecule has 1 atom stereocenters. The highest BCUT2D eigenvalue weighted by Gasteiger charge is 2.14. The van der Waals surface area contributed by atoms with E-state index in [9.17, 15) is 4.39 Å². The lowest BCUT2D eigenvalue weighted by Crippen LogP contribution is -2.32. The van der Waals surface area contributed by atoms with Crippen LogP contribution >= 0.6 is 22.6 Å². The van der Waals surface area contributed by atoms with Gasteiger partial charge in [-0.1, -0.05) is 0 Å². The third-order valence-corrected chi connectivity index (χ3v) is 3.20. The Bertz CT molecular complexity index is 360. The Morgan fingerprint density at radius 3 is 2.73 bits per heavy atom. The molecule has 3 nitrogen and oxygen atoms in total. The molecule has 0 fully saturated rings. The lowest BCUT2D eigenvalue weighted by Gasteiger charge is -2.26. The number of anilines is 2. The van der Waals surface area contributed by atoms with Crippen molar-refractivity contribution in [1.29, 1.82) is 0 Å². The Morgan fingerprint density at radius 1 is 1.60 bits per heavy atom. The number of hydrogen-bond donors (Lipinski definition) is 2. The van der Waals surface area contributed by atoms with Crippen LogP contribution in [0.5, 0.6) is 0 Å². The molecule has 1 unspecified atom stereocenters. The summed E-state index contributed by atoms with van der Waals surface area (Å²) < 4.78 is 13.8. The highest BCUT2D eigenvalue weighted by molar-refractivity contribution is 14.1. The van der Waals surface area contributed by atoms with Crippen molar-refractivity contribution in [2.45, 2.75) is 13.0 Å². The van der Waals surface area contributed by atoms with Gasteiger partial charge in [0.1, 0.15) is 5.82 Å². The maximum Gasteiger partial charge on any atom is 0.138 e. The first-order valence-corrected chi connectivity index (χ1v) is 5.63. The Hall–Kier alpha value is -0.560. The third kappa shape index (κ3) is 2.72. The van der Waals surface area contributed by atoms with Gasteiger partial charge in [-0.15, -0.1) is 0 Å². The van der Waals surface area contributed by atoms with Crippen LogP contribution < -0.4 is 10.6 Å². The average Bonchev–Trinajstić information content (AvgIpc) is 2.21. The molecule has 1 rings (SSSR count). The van der Waals surface area contributed by atoms with Crippen LogP contribution in [0.25, 0.3) is 0 Å². The molecule has 0 radical (unpaired) electrons. The number of likely N-dealkylation sites (N-methyl/N-ethyl adjacent to an activating group) is 1. The normalized spacial score (nSPS) is 12.6. The fourth-order valence-corrected chi connectivity index (χ4v) is 1.71. The van der Waals surface area contributed by atoms with E-state index in [2.05, 4.69) is 0 Å². The fraction of sp³-hybridized carbons (Fsp3) is 0.400. The number of halogens is 2. The van der Waals surface area contributed by atoms with Crippen LogP contribution in [-0.4, -0.2) is 24.8 Å². The standard InChI is InChI=1S/C10H14FIN2O/c1-6(5-15)14(2)10-3-7(11)8(12)4-9(10)13/h3-4,6,15H,5,13H2,1-2H3. The molecule has 0 heterocycles. The van der Waals surface area contributed by atoms with Crippen LogP contribution in [0.1, 0.15) is 6.92 Å². The fourth-order valence-electron chi connectivity index (χ4n) is 1.22. The van der Waals surface area contributed by atoms with E-state index in [1.807, 2.05) is 29.5 Å². The van der Waals surface area contributed by atoms with E-state index in [0.29, 0.717) is 14.9 Å². The van der Waals surface area contributed by atoms with Crippen molar-refractivity contribution >= 4 is 34.0 Å². The Balaban J connectivity index is 3.09. The summed E-state index contributed by atoms with van der Waals surface area (Å²) in [7, 11) is 1.78. The molecule has 1 aromatic rings. The Morgan fingerprint density at radius 2 is 2.20 bits per heavy atom. The monoisotopic (exact) mass is 324 g/mol. The molecule has 0 saturated carbocycles. The first-order chi connectivity index (χ1) is 6.97. The van der Waals surface area contributed by atoms with Crippen molar-refractivity contribution in [3.05, 3.63) is 21.5 Å². The molecule has 0 aliphatic carbocycles. The molecule has 0 spiro atoms. The van der Waals surface area contributed by atoms with E-state index < -0.39 is 0 Å². The van der Waals surface area contributed by atoms with Crippen LogP contribution in [0.3, 0.4) is 0 Å². The zero-order chi connectivity index (χ0) is 11.6. The quantitative estimate of drug-likeness (QED) is 0.659. The average molecular weight is 324 g/mol. The number of rotatable bonds is 3. The van der Waals surface area contributed by atoms with Crippen LogP contribution in [-0.2, 0) is 0 Å². The molecule has 5 heteroatoms. The van der Waals surface area contributed by atoms with E-state index >= 15 is 0 Å². The van der Waals surface area contributed by atoms with Gasteiger partial charge in [-0.05, 0) is 35.6 Å². The molecule has 3 N–H and O–H groups in total. The van der Waals surface area contributed by atoms with Crippen LogP contribution in [0.4, 0.5) is 15.8 Å². The summed E-state index contributed by atoms with van der Waals surface area (Å²) >= 11 is 1.89. The number of nitrogens with zero attached hydrogens (tertiary/aromatic N) is 1. The van der Waals surface area contributed by atoms with Crippen LogP contribution in [0.2, 0.25) is 0 Å². The molecular formula is C10H14FIN2O. The second kappa shape index (κ2) is 4.98. The largest absolute Gasteiger partial charge is 0.397 e. The Labute approximate surface area is 102 Å². The van der Waals surface area contributed by atoms with Gasteiger partial charge >= 0.3 is 0 Å². The molecule has 15 heavy (non-hydrogen) atoms. The second-order valence-electron chi connectivity index (χ2n) is 3.47. The smallest absolute Gasteiger partial charge is 0.138 e. The lowest BCUT2D eigenvalue weighted by molar-refractivity contribution is 0.270. The molecular weight excluding hydrogens is 310 g/mol. The van der Waals surface area contributed by atoms with Crippen LogP contribution in [0.15, 0.2) is 12.1 Å². The van der Waals surface area contributed by atoms with E-state index in [-0.39, 0.29) is 18.5 Å². The minimum Gasteiger partial charge on any atom is -0.397 e. The van der Waals surface area contributed by atoms with Gasteiger partial charge in [-0.2, -0.15) is 0 Å². The van der Waals surface area contributed by atoms with Gasteiger partial charge in [0, 0.05) is 19.2 Å². The molecule has 84 valence electrons. The van der Waals surface area contributed by atoms with Crippen molar-refractivity contribution in [2.75, 3.05) is 24.3 Å². The minimum atomic E-state index is -0.295. The molecule has 0 aliphatic rings. The predicted octanol–water partition coefficient (Wildman–Crippen LogP) is 1.83. The highest BCUT2D eigenvalue weighted by atomic mass is 127. The maximum absolute atomic E-state index is 13.3. The summed E-state index contributed by atoms with van der Waals surface area (Å²) in [5.74, 6) is -0.295. The number of benzene rings is 1. The number of nitrogen functional groups attached to an aromatic ring is 1. The lowest BCUT2D eigenvalue weighted by atomic mass is 10.2. The zero-order valence-corrected chi connectivity index (χ0v) is 10.8. The molecule has 0 bridgehead atoms. The minimum absolute atomic E-state index is 0.00352. The highest BCUT2D eigenvalue weighted by Crippen LogP contribution is 2.27. The summed E-state index contributed by atoms with van der Waals surface area (Å²) in [4.78, 5) is 1.76. The molecule has 0 amide bonds. The van der Waals surface area contributed by atoms with Crippen molar-refractivity contribution in [3.8, 4) is 0 Å². The number of nitrogens with two attached hydrogens (primary N) is 1. The SMILES string of the molecule is CC(CO)N(C)c1cc(F)c(I)cc1N. The van der Waals surface area contributed by atoms with Crippen molar-refractivity contribution in [1.82, 2.24) is 0 Å². The van der Waals surface area contributed by atoms with Crippen molar-refractivity contribution in [2.24, 2.45) is 0 Å². The van der Waals surface area contributed by atoms with Crippen molar-refractivity contribution < 1.29 is 9.50 Å². The summed E-state index contributed by atoms with van der Waals surface area (Å²) in [5.41, 5.74) is 6.91. The van der Waals surface area contributed by atoms with E-state index in [1.54, 1.807) is 18.0 Å². The van der Waals surface area contributed by atoms with Gasteiger partial charge in [0.25, 0.3) is 0 Å². The number of hydrogen-bond acceptors (Lipinski definition) is 3. The van der Waals surface area contributed by atoms with Gasteiger partial charge in [0.05, 0.1) is 21.6 Å².